The van der Waals surface area contributed by atoms with Gasteiger partial charge in [0, 0.05) is 13.5 Å². The second-order valence-corrected chi connectivity index (χ2v) is 4.86. The van der Waals surface area contributed by atoms with Crippen molar-refractivity contribution in [3.63, 3.8) is 0 Å². The summed E-state index contributed by atoms with van der Waals surface area (Å²) in [6.45, 7) is 0.201. The first kappa shape index (κ1) is 13.6. The number of carbonyl (C=O) groups excluding carboxylic acids is 2. The number of amides is 1. The average Bonchev–Trinajstić information content (AvgIpc) is 2.76. The standard InChI is InChI=1S/C15H19NO3/c1-16-13(11-19-15(16)18)14(17)10-6-5-9-12-7-3-2-4-8-12/h2-4,7-8,13H,5-6,9-11H2,1H3. The molecule has 102 valence electrons. The molecule has 4 nitrogen and oxygen atoms in total. The van der Waals surface area contributed by atoms with Crippen LogP contribution in [-0.4, -0.2) is 36.5 Å². The molecule has 1 aromatic carbocycles. The van der Waals surface area contributed by atoms with E-state index >= 15 is 0 Å². The number of rotatable bonds is 6. The molecule has 1 aliphatic rings. The van der Waals surface area contributed by atoms with Gasteiger partial charge in [-0.05, 0) is 24.8 Å². The van der Waals surface area contributed by atoms with Crippen molar-refractivity contribution >= 4 is 11.9 Å². The van der Waals surface area contributed by atoms with Crippen LogP contribution in [0.3, 0.4) is 0 Å². The number of unbranched alkanes of at least 4 members (excludes halogenated alkanes) is 1. The molecule has 1 aromatic rings. The monoisotopic (exact) mass is 261 g/mol. The third kappa shape index (κ3) is 3.56. The van der Waals surface area contributed by atoms with Crippen molar-refractivity contribution in [2.75, 3.05) is 13.7 Å². The molecule has 2 rings (SSSR count). The highest BCUT2D eigenvalue weighted by atomic mass is 16.6. The van der Waals surface area contributed by atoms with Gasteiger partial charge in [-0.1, -0.05) is 30.3 Å². The first-order valence-electron chi connectivity index (χ1n) is 6.64. The van der Waals surface area contributed by atoms with Crippen LogP contribution < -0.4 is 0 Å². The Balaban J connectivity index is 1.69. The van der Waals surface area contributed by atoms with Crippen LogP contribution in [0.2, 0.25) is 0 Å². The van der Waals surface area contributed by atoms with Crippen molar-refractivity contribution in [3.05, 3.63) is 35.9 Å². The quantitative estimate of drug-likeness (QED) is 0.739. The fourth-order valence-electron chi connectivity index (χ4n) is 2.24. The van der Waals surface area contributed by atoms with Crippen molar-refractivity contribution in [2.24, 2.45) is 0 Å². The number of hydrogen-bond acceptors (Lipinski definition) is 3. The molecule has 1 amide bonds. The summed E-state index contributed by atoms with van der Waals surface area (Å²) in [6, 6.07) is 9.86. The molecular weight excluding hydrogens is 242 g/mol. The number of ketones is 1. The Labute approximate surface area is 113 Å². The fraction of sp³-hybridized carbons (Fsp3) is 0.467. The number of benzene rings is 1. The lowest BCUT2D eigenvalue weighted by Crippen LogP contribution is -2.36. The van der Waals surface area contributed by atoms with Gasteiger partial charge >= 0.3 is 6.09 Å². The Bertz CT molecular complexity index is 444. The van der Waals surface area contributed by atoms with Crippen LogP contribution in [0.15, 0.2) is 30.3 Å². The Morgan fingerprint density at radius 3 is 2.68 bits per heavy atom. The molecule has 1 aliphatic heterocycles. The molecule has 0 bridgehead atoms. The van der Waals surface area contributed by atoms with Gasteiger partial charge in [-0.25, -0.2) is 4.79 Å². The van der Waals surface area contributed by atoms with Gasteiger partial charge in [0.1, 0.15) is 12.6 Å². The summed E-state index contributed by atoms with van der Waals surface area (Å²) < 4.78 is 4.84. The highest BCUT2D eigenvalue weighted by molar-refractivity contribution is 5.89. The maximum Gasteiger partial charge on any atom is 0.410 e. The number of ether oxygens (including phenoxy) is 1. The Morgan fingerprint density at radius 2 is 2.05 bits per heavy atom. The molecule has 1 atom stereocenters. The van der Waals surface area contributed by atoms with Crippen LogP contribution >= 0.6 is 0 Å². The minimum absolute atomic E-state index is 0.0985. The summed E-state index contributed by atoms with van der Waals surface area (Å²) in [5, 5.41) is 0. The highest BCUT2D eigenvalue weighted by Gasteiger charge is 2.34. The summed E-state index contributed by atoms with van der Waals surface area (Å²) >= 11 is 0. The predicted octanol–water partition coefficient (Wildman–Crippen LogP) is 2.42. The van der Waals surface area contributed by atoms with Crippen LogP contribution in [-0.2, 0) is 16.0 Å². The second kappa shape index (κ2) is 6.36. The zero-order valence-electron chi connectivity index (χ0n) is 11.2. The van der Waals surface area contributed by atoms with E-state index in [4.69, 9.17) is 4.74 Å². The largest absolute Gasteiger partial charge is 0.447 e. The molecule has 19 heavy (non-hydrogen) atoms. The minimum Gasteiger partial charge on any atom is -0.447 e. The van der Waals surface area contributed by atoms with Gasteiger partial charge in [0.05, 0.1) is 0 Å². The number of cyclic esters (lactones) is 1. The van der Waals surface area contributed by atoms with E-state index in [2.05, 4.69) is 12.1 Å². The zero-order valence-corrected chi connectivity index (χ0v) is 11.2. The Morgan fingerprint density at radius 1 is 1.32 bits per heavy atom. The van der Waals surface area contributed by atoms with E-state index in [9.17, 15) is 9.59 Å². The molecule has 0 saturated carbocycles. The van der Waals surface area contributed by atoms with Crippen molar-refractivity contribution in [1.29, 1.82) is 0 Å². The summed E-state index contributed by atoms with van der Waals surface area (Å²) in [7, 11) is 1.61. The van der Waals surface area contributed by atoms with E-state index in [-0.39, 0.29) is 18.4 Å². The Kier molecular flexibility index (Phi) is 4.55. The van der Waals surface area contributed by atoms with Gasteiger partial charge < -0.3 is 4.74 Å². The number of likely N-dealkylation sites (N-methyl/N-ethyl adjacent to an activating group) is 1. The van der Waals surface area contributed by atoms with Gasteiger partial charge in [-0.2, -0.15) is 0 Å². The third-order valence-electron chi connectivity index (χ3n) is 3.47. The molecule has 0 N–H and O–H groups in total. The first-order chi connectivity index (χ1) is 9.18. The first-order valence-corrected chi connectivity index (χ1v) is 6.64. The summed E-state index contributed by atoms with van der Waals surface area (Å²) in [4.78, 5) is 24.5. The molecule has 4 heteroatoms. The smallest absolute Gasteiger partial charge is 0.410 e. The molecule has 1 unspecified atom stereocenters. The van der Waals surface area contributed by atoms with Gasteiger partial charge in [0.15, 0.2) is 5.78 Å². The lowest BCUT2D eigenvalue weighted by Gasteiger charge is -2.14. The van der Waals surface area contributed by atoms with Crippen LogP contribution in [0.25, 0.3) is 0 Å². The summed E-state index contributed by atoms with van der Waals surface area (Å²) in [5.74, 6) is 0.0985. The molecule has 1 fully saturated rings. The van der Waals surface area contributed by atoms with Gasteiger partial charge in [0.2, 0.25) is 0 Å². The fourth-order valence-corrected chi connectivity index (χ4v) is 2.24. The molecule has 1 saturated heterocycles. The second-order valence-electron chi connectivity index (χ2n) is 4.86. The molecule has 1 heterocycles. The van der Waals surface area contributed by atoms with Crippen LogP contribution in [0.1, 0.15) is 24.8 Å². The molecule has 0 radical (unpaired) electrons. The molecular formula is C15H19NO3. The average molecular weight is 261 g/mol. The topological polar surface area (TPSA) is 46.6 Å². The normalized spacial score (nSPS) is 18.5. The molecule has 0 aromatic heterocycles. The van der Waals surface area contributed by atoms with Crippen molar-refractivity contribution in [1.82, 2.24) is 4.90 Å². The van der Waals surface area contributed by atoms with E-state index in [1.807, 2.05) is 18.2 Å². The number of nitrogens with zero attached hydrogens (tertiary/aromatic N) is 1. The van der Waals surface area contributed by atoms with Crippen LogP contribution in [0.4, 0.5) is 4.79 Å². The van der Waals surface area contributed by atoms with E-state index in [1.54, 1.807) is 7.05 Å². The lowest BCUT2D eigenvalue weighted by molar-refractivity contribution is -0.122. The van der Waals surface area contributed by atoms with Crippen molar-refractivity contribution < 1.29 is 14.3 Å². The predicted molar refractivity (Wildman–Crippen MR) is 71.9 cm³/mol. The van der Waals surface area contributed by atoms with E-state index in [0.29, 0.717) is 6.42 Å². The third-order valence-corrected chi connectivity index (χ3v) is 3.47. The minimum atomic E-state index is -0.400. The maximum atomic E-state index is 11.9. The number of carbonyl (C=O) groups is 2. The summed E-state index contributed by atoms with van der Waals surface area (Å²) in [5.41, 5.74) is 1.30. The molecule has 0 spiro atoms. The number of hydrogen-bond donors (Lipinski definition) is 0. The van der Waals surface area contributed by atoms with E-state index in [1.165, 1.54) is 10.5 Å². The number of aryl methyl sites for hydroxylation is 1. The van der Waals surface area contributed by atoms with E-state index in [0.717, 1.165) is 19.3 Å². The van der Waals surface area contributed by atoms with Gasteiger partial charge in [-0.15, -0.1) is 0 Å². The highest BCUT2D eigenvalue weighted by Crippen LogP contribution is 2.14. The SMILES string of the molecule is CN1C(=O)OCC1C(=O)CCCCc1ccccc1. The zero-order chi connectivity index (χ0) is 13.7. The van der Waals surface area contributed by atoms with Crippen molar-refractivity contribution in [2.45, 2.75) is 31.7 Å². The molecule has 0 aliphatic carbocycles. The van der Waals surface area contributed by atoms with Crippen molar-refractivity contribution in [3.8, 4) is 0 Å². The van der Waals surface area contributed by atoms with Crippen LogP contribution in [0.5, 0.6) is 0 Å². The summed E-state index contributed by atoms with van der Waals surface area (Å²) in [6.07, 6.45) is 2.94. The van der Waals surface area contributed by atoms with Gasteiger partial charge in [0.25, 0.3) is 0 Å². The number of Topliss-reactive ketones (excluding diaryl/α,β-unsaturated/α-hetero) is 1. The maximum absolute atomic E-state index is 11.9. The lowest BCUT2D eigenvalue weighted by atomic mass is 10.0. The van der Waals surface area contributed by atoms with Crippen LogP contribution in [0, 0.1) is 0 Å². The van der Waals surface area contributed by atoms with Gasteiger partial charge in [-0.3, -0.25) is 9.69 Å². The van der Waals surface area contributed by atoms with E-state index < -0.39 is 6.09 Å². The Hall–Kier alpha value is -1.84.